The predicted octanol–water partition coefficient (Wildman–Crippen LogP) is 3.63. The highest BCUT2D eigenvalue weighted by molar-refractivity contribution is 5.76. The number of carbonyl (C=O) groups excluding carboxylic acids is 1. The summed E-state index contributed by atoms with van der Waals surface area (Å²) < 4.78 is 5.90. The van der Waals surface area contributed by atoms with Crippen LogP contribution < -0.4 is 5.73 Å². The summed E-state index contributed by atoms with van der Waals surface area (Å²) >= 11 is 0. The first-order valence-corrected chi connectivity index (χ1v) is 9.64. The molecule has 2 N–H and O–H groups in total. The molecule has 3 aromatic rings. The fourth-order valence-electron chi connectivity index (χ4n) is 3.69. The Morgan fingerprint density at radius 3 is 2.48 bits per heavy atom. The molecule has 0 spiro atoms. The second-order valence-corrected chi connectivity index (χ2v) is 7.20. The van der Waals surface area contributed by atoms with E-state index in [4.69, 9.17) is 10.2 Å². The molecule has 0 aliphatic carbocycles. The Morgan fingerprint density at radius 2 is 1.78 bits per heavy atom. The minimum absolute atomic E-state index is 0.230. The van der Waals surface area contributed by atoms with Crippen LogP contribution in [0.2, 0.25) is 0 Å². The van der Waals surface area contributed by atoms with Gasteiger partial charge in [-0.2, -0.15) is 0 Å². The molecule has 1 fully saturated rings. The molecule has 2 heterocycles. The van der Waals surface area contributed by atoms with Gasteiger partial charge in [-0.05, 0) is 42.5 Å². The molecule has 0 bridgehead atoms. The van der Waals surface area contributed by atoms with Gasteiger partial charge in [0.1, 0.15) is 5.52 Å². The summed E-state index contributed by atoms with van der Waals surface area (Å²) in [4.78, 5) is 19.1. The van der Waals surface area contributed by atoms with E-state index >= 15 is 0 Å². The minimum Gasteiger partial charge on any atom is -0.440 e. The van der Waals surface area contributed by atoms with Crippen molar-refractivity contribution in [2.75, 3.05) is 13.1 Å². The zero-order valence-electron chi connectivity index (χ0n) is 15.4. The van der Waals surface area contributed by atoms with E-state index in [1.165, 1.54) is 5.56 Å². The number of nitrogens with two attached hydrogens (primary N) is 1. The molecular weight excluding hydrogens is 338 g/mol. The molecule has 0 radical (unpaired) electrons. The second-order valence-electron chi connectivity index (χ2n) is 7.20. The number of rotatable bonds is 5. The third-order valence-corrected chi connectivity index (χ3v) is 5.39. The van der Waals surface area contributed by atoms with Crippen LogP contribution in [0.1, 0.15) is 42.2 Å². The number of amides is 1. The lowest BCUT2D eigenvalue weighted by Gasteiger charge is -2.30. The van der Waals surface area contributed by atoms with Crippen molar-refractivity contribution < 1.29 is 9.21 Å². The van der Waals surface area contributed by atoms with Crippen LogP contribution in [0.15, 0.2) is 52.9 Å². The quantitative estimate of drug-likeness (QED) is 0.751. The fourth-order valence-corrected chi connectivity index (χ4v) is 3.69. The molecule has 1 aromatic heterocycles. The molecule has 27 heavy (non-hydrogen) atoms. The molecule has 0 atom stereocenters. The van der Waals surface area contributed by atoms with Crippen molar-refractivity contribution in [3.8, 4) is 0 Å². The number of hydrogen-bond donors (Lipinski definition) is 1. The first kappa shape index (κ1) is 17.7. The number of benzene rings is 2. The molecule has 0 saturated carbocycles. The van der Waals surface area contributed by atoms with E-state index in [0.717, 1.165) is 54.9 Å². The van der Waals surface area contributed by atoms with E-state index < -0.39 is 0 Å². The molecule has 1 amide bonds. The zero-order valence-corrected chi connectivity index (χ0v) is 15.4. The third-order valence-electron chi connectivity index (χ3n) is 5.39. The van der Waals surface area contributed by atoms with Crippen molar-refractivity contribution in [1.29, 1.82) is 0 Å². The summed E-state index contributed by atoms with van der Waals surface area (Å²) in [6, 6.07) is 16.1. The maximum atomic E-state index is 12.5. The van der Waals surface area contributed by atoms with Crippen molar-refractivity contribution >= 4 is 17.0 Å². The number of nitrogens with zero attached hydrogens (tertiary/aromatic N) is 2. The highest BCUT2D eigenvalue weighted by Crippen LogP contribution is 2.30. The number of hydrogen-bond acceptors (Lipinski definition) is 4. The monoisotopic (exact) mass is 363 g/mol. The van der Waals surface area contributed by atoms with Crippen LogP contribution in [0, 0.1) is 0 Å². The molecule has 1 saturated heterocycles. The second kappa shape index (κ2) is 7.92. The van der Waals surface area contributed by atoms with Gasteiger partial charge in [-0.15, -0.1) is 0 Å². The van der Waals surface area contributed by atoms with E-state index in [9.17, 15) is 4.79 Å². The van der Waals surface area contributed by atoms with Gasteiger partial charge in [0, 0.05) is 32.0 Å². The number of aryl methyl sites for hydroxylation is 1. The maximum absolute atomic E-state index is 12.5. The topological polar surface area (TPSA) is 72.4 Å². The van der Waals surface area contributed by atoms with Crippen molar-refractivity contribution in [3.63, 3.8) is 0 Å². The Bertz CT molecular complexity index is 876. The molecule has 1 aliphatic heterocycles. The van der Waals surface area contributed by atoms with Gasteiger partial charge in [-0.3, -0.25) is 4.79 Å². The van der Waals surface area contributed by atoms with Gasteiger partial charge in [0.15, 0.2) is 11.5 Å². The van der Waals surface area contributed by atoms with Crippen LogP contribution >= 0.6 is 0 Å². The van der Waals surface area contributed by atoms with Crippen LogP contribution in [-0.2, 0) is 17.8 Å². The largest absolute Gasteiger partial charge is 0.440 e. The lowest BCUT2D eigenvalue weighted by atomic mass is 9.96. The third kappa shape index (κ3) is 4.03. The first-order valence-electron chi connectivity index (χ1n) is 9.64. The Balaban J connectivity index is 1.29. The average Bonchev–Trinajstić information content (AvgIpc) is 3.17. The van der Waals surface area contributed by atoms with E-state index in [0.29, 0.717) is 18.9 Å². The minimum atomic E-state index is 0.230. The standard InChI is InChI=1S/C22H25N3O2/c23-15-17-7-5-16(6-8-17)9-10-21(26)25-13-11-18(12-14-25)22-24-19-3-1-2-4-20(19)27-22/h1-8,18H,9-15,23H2. The number of carbonyl (C=O) groups is 1. The van der Waals surface area contributed by atoms with Crippen LogP contribution in [0.3, 0.4) is 0 Å². The van der Waals surface area contributed by atoms with Crippen LogP contribution in [0.5, 0.6) is 0 Å². The van der Waals surface area contributed by atoms with Gasteiger partial charge >= 0.3 is 0 Å². The summed E-state index contributed by atoms with van der Waals surface area (Å²) in [6.07, 6.45) is 3.14. The molecule has 5 nitrogen and oxygen atoms in total. The zero-order chi connectivity index (χ0) is 18.6. The smallest absolute Gasteiger partial charge is 0.222 e. The molecule has 0 unspecified atom stereocenters. The normalized spacial score (nSPS) is 15.4. The van der Waals surface area contributed by atoms with Crippen molar-refractivity contribution in [1.82, 2.24) is 9.88 Å². The summed E-state index contributed by atoms with van der Waals surface area (Å²) in [7, 11) is 0. The lowest BCUT2D eigenvalue weighted by Crippen LogP contribution is -2.38. The highest BCUT2D eigenvalue weighted by atomic mass is 16.3. The van der Waals surface area contributed by atoms with Gasteiger partial charge in [-0.25, -0.2) is 4.98 Å². The molecular formula is C22H25N3O2. The van der Waals surface area contributed by atoms with E-state index in [1.54, 1.807) is 0 Å². The number of para-hydroxylation sites is 2. The van der Waals surface area contributed by atoms with Crippen molar-refractivity contribution in [2.24, 2.45) is 5.73 Å². The van der Waals surface area contributed by atoms with E-state index in [1.807, 2.05) is 41.3 Å². The molecule has 1 aliphatic rings. The van der Waals surface area contributed by atoms with Crippen LogP contribution in [0.25, 0.3) is 11.1 Å². The first-order chi connectivity index (χ1) is 13.2. The summed E-state index contributed by atoms with van der Waals surface area (Å²) in [5.41, 5.74) is 9.67. The number of oxazole rings is 1. The van der Waals surface area contributed by atoms with Gasteiger partial charge in [0.25, 0.3) is 0 Å². The fraction of sp³-hybridized carbons (Fsp3) is 0.364. The summed E-state index contributed by atoms with van der Waals surface area (Å²) in [5, 5.41) is 0. The summed E-state index contributed by atoms with van der Waals surface area (Å²) in [6.45, 7) is 2.09. The predicted molar refractivity (Wildman–Crippen MR) is 105 cm³/mol. The Hall–Kier alpha value is -2.66. The van der Waals surface area contributed by atoms with Crippen LogP contribution in [0.4, 0.5) is 0 Å². The average molecular weight is 363 g/mol. The number of aromatic nitrogens is 1. The Kier molecular flexibility index (Phi) is 5.21. The van der Waals surface area contributed by atoms with Crippen molar-refractivity contribution in [2.45, 2.75) is 38.1 Å². The lowest BCUT2D eigenvalue weighted by molar-refractivity contribution is -0.132. The number of likely N-dealkylation sites (tertiary alicyclic amines) is 1. The maximum Gasteiger partial charge on any atom is 0.222 e. The van der Waals surface area contributed by atoms with Gasteiger partial charge in [-0.1, -0.05) is 36.4 Å². The Morgan fingerprint density at radius 1 is 1.07 bits per heavy atom. The number of piperidine rings is 1. The van der Waals surface area contributed by atoms with E-state index in [-0.39, 0.29) is 5.91 Å². The van der Waals surface area contributed by atoms with E-state index in [2.05, 4.69) is 17.1 Å². The van der Waals surface area contributed by atoms with Gasteiger partial charge in [0.2, 0.25) is 5.91 Å². The van der Waals surface area contributed by atoms with Gasteiger partial charge < -0.3 is 15.1 Å². The molecule has 140 valence electrons. The van der Waals surface area contributed by atoms with Gasteiger partial charge in [0.05, 0.1) is 0 Å². The van der Waals surface area contributed by atoms with Crippen molar-refractivity contribution in [3.05, 3.63) is 65.5 Å². The number of fused-ring (bicyclic) bond motifs is 1. The molecule has 2 aromatic carbocycles. The SMILES string of the molecule is NCc1ccc(CCC(=O)N2CCC(c3nc4ccccc4o3)CC2)cc1. The highest BCUT2D eigenvalue weighted by Gasteiger charge is 2.26. The Labute approximate surface area is 159 Å². The van der Waals surface area contributed by atoms with Crippen LogP contribution in [-0.4, -0.2) is 28.9 Å². The summed E-state index contributed by atoms with van der Waals surface area (Å²) in [5.74, 6) is 1.34. The molecule has 5 heteroatoms. The molecule has 4 rings (SSSR count).